The van der Waals surface area contributed by atoms with E-state index in [1.54, 1.807) is 11.6 Å². The van der Waals surface area contributed by atoms with Crippen LogP contribution >= 0.6 is 0 Å². The van der Waals surface area contributed by atoms with Crippen molar-refractivity contribution in [2.24, 2.45) is 0 Å². The summed E-state index contributed by atoms with van der Waals surface area (Å²) in [5, 5.41) is 7.50. The Morgan fingerprint density at radius 1 is 1.21 bits per heavy atom. The smallest absolute Gasteiger partial charge is 0.252 e. The van der Waals surface area contributed by atoms with E-state index in [-0.39, 0.29) is 11.5 Å². The zero-order valence-electron chi connectivity index (χ0n) is 16.7. The summed E-state index contributed by atoms with van der Waals surface area (Å²) in [5.74, 6) is 0.354. The number of hydrogen-bond acceptors (Lipinski definition) is 4. The molecule has 1 amide bonds. The molecular formula is C21H25N5O2. The average molecular weight is 379 g/mol. The Kier molecular flexibility index (Phi) is 5.73. The lowest BCUT2D eigenvalue weighted by atomic mass is 10.1. The summed E-state index contributed by atoms with van der Waals surface area (Å²) in [6.45, 7) is 7.65. The van der Waals surface area contributed by atoms with Gasteiger partial charge in [-0.3, -0.25) is 14.6 Å². The highest BCUT2D eigenvalue weighted by Gasteiger charge is 2.16. The monoisotopic (exact) mass is 379 g/mol. The van der Waals surface area contributed by atoms with Crippen molar-refractivity contribution in [3.05, 3.63) is 68.9 Å². The van der Waals surface area contributed by atoms with Gasteiger partial charge in [0, 0.05) is 29.6 Å². The lowest BCUT2D eigenvalue weighted by Crippen LogP contribution is -2.15. The van der Waals surface area contributed by atoms with Crippen LogP contribution in [0.15, 0.2) is 35.1 Å². The second-order valence-corrected chi connectivity index (χ2v) is 6.83. The van der Waals surface area contributed by atoms with Gasteiger partial charge in [0.15, 0.2) is 0 Å². The molecule has 0 unspecified atom stereocenters. The molecule has 0 aliphatic heterocycles. The number of amides is 1. The Labute approximate surface area is 163 Å². The van der Waals surface area contributed by atoms with E-state index < -0.39 is 0 Å². The third kappa shape index (κ3) is 4.19. The maximum Gasteiger partial charge on any atom is 0.252 e. The van der Waals surface area contributed by atoms with E-state index in [0.29, 0.717) is 24.5 Å². The molecule has 3 aromatic rings. The Bertz CT molecular complexity index is 1060. The summed E-state index contributed by atoms with van der Waals surface area (Å²) in [6.07, 6.45) is 1.78. The molecule has 0 radical (unpaired) electrons. The highest BCUT2D eigenvalue weighted by atomic mass is 16.1. The summed E-state index contributed by atoms with van der Waals surface area (Å²) >= 11 is 0. The molecule has 28 heavy (non-hydrogen) atoms. The second kappa shape index (κ2) is 8.21. The van der Waals surface area contributed by atoms with Gasteiger partial charge in [0.05, 0.1) is 5.69 Å². The number of rotatable bonds is 6. The molecule has 0 aliphatic carbocycles. The topological polar surface area (TPSA) is 92.7 Å². The zero-order chi connectivity index (χ0) is 20.3. The molecule has 7 nitrogen and oxygen atoms in total. The third-order valence-corrected chi connectivity index (χ3v) is 4.77. The number of carbonyl (C=O) groups is 1. The molecule has 146 valence electrons. The molecule has 0 atom stereocenters. The van der Waals surface area contributed by atoms with Gasteiger partial charge in [0.1, 0.15) is 0 Å². The van der Waals surface area contributed by atoms with Crippen LogP contribution in [-0.4, -0.2) is 25.7 Å². The van der Waals surface area contributed by atoms with Gasteiger partial charge in [0.25, 0.3) is 5.56 Å². The number of aryl methyl sites for hydroxylation is 3. The van der Waals surface area contributed by atoms with Crippen LogP contribution < -0.4 is 10.9 Å². The van der Waals surface area contributed by atoms with Crippen molar-refractivity contribution in [3.8, 4) is 5.95 Å². The molecule has 3 rings (SSSR count). The van der Waals surface area contributed by atoms with E-state index in [0.717, 1.165) is 34.6 Å². The first-order chi connectivity index (χ1) is 13.4. The average Bonchev–Trinajstić information content (AvgIpc) is 2.93. The summed E-state index contributed by atoms with van der Waals surface area (Å²) in [6, 6.07) is 9.27. The fraction of sp³-hybridized carbons (Fsp3) is 0.333. The molecule has 1 aromatic carbocycles. The highest BCUT2D eigenvalue weighted by Crippen LogP contribution is 2.19. The summed E-state index contributed by atoms with van der Waals surface area (Å²) in [5.41, 5.74) is 5.07. The minimum atomic E-state index is -0.217. The van der Waals surface area contributed by atoms with Gasteiger partial charge >= 0.3 is 0 Å². The zero-order valence-corrected chi connectivity index (χ0v) is 16.7. The first-order valence-electron chi connectivity index (χ1n) is 9.40. The molecule has 0 aliphatic rings. The summed E-state index contributed by atoms with van der Waals surface area (Å²) in [4.78, 5) is 31.2. The van der Waals surface area contributed by atoms with E-state index >= 15 is 0 Å². The third-order valence-electron chi connectivity index (χ3n) is 4.77. The number of nitrogens with zero attached hydrogens (tertiary/aromatic N) is 3. The van der Waals surface area contributed by atoms with E-state index in [2.05, 4.69) is 27.3 Å². The summed E-state index contributed by atoms with van der Waals surface area (Å²) in [7, 11) is 0. The first-order valence-corrected chi connectivity index (χ1v) is 9.40. The number of nitrogens with one attached hydrogen (secondary N) is 2. The van der Waals surface area contributed by atoms with Crippen molar-refractivity contribution < 1.29 is 4.79 Å². The van der Waals surface area contributed by atoms with Crippen molar-refractivity contribution >= 4 is 11.6 Å². The van der Waals surface area contributed by atoms with E-state index in [9.17, 15) is 9.59 Å². The molecule has 0 bridgehead atoms. The Balaban J connectivity index is 1.75. The molecule has 2 heterocycles. The van der Waals surface area contributed by atoms with Gasteiger partial charge < -0.3 is 5.32 Å². The predicted octanol–water partition coefficient (Wildman–Crippen LogP) is 3.01. The fourth-order valence-corrected chi connectivity index (χ4v) is 3.31. The Morgan fingerprint density at radius 3 is 2.68 bits per heavy atom. The maximum atomic E-state index is 12.4. The van der Waals surface area contributed by atoms with Crippen LogP contribution in [0.1, 0.15) is 41.6 Å². The van der Waals surface area contributed by atoms with Gasteiger partial charge in [-0.05, 0) is 50.8 Å². The number of anilines is 1. The largest absolute Gasteiger partial charge is 0.326 e. The van der Waals surface area contributed by atoms with Crippen LogP contribution in [0.5, 0.6) is 0 Å². The molecule has 0 saturated carbocycles. The van der Waals surface area contributed by atoms with Crippen LogP contribution in [-0.2, 0) is 17.6 Å². The highest BCUT2D eigenvalue weighted by molar-refractivity contribution is 5.91. The molecule has 0 saturated heterocycles. The van der Waals surface area contributed by atoms with Gasteiger partial charge in [-0.25, -0.2) is 9.67 Å². The molecule has 2 aromatic heterocycles. The van der Waals surface area contributed by atoms with Gasteiger partial charge in [0.2, 0.25) is 11.9 Å². The van der Waals surface area contributed by atoms with E-state index in [1.165, 1.54) is 6.07 Å². The van der Waals surface area contributed by atoms with Crippen molar-refractivity contribution in [1.82, 2.24) is 19.7 Å². The molecular weight excluding hydrogens is 354 g/mol. The number of carbonyl (C=O) groups excluding carboxylic acids is 1. The molecule has 0 fully saturated rings. The number of aromatic amines is 1. The molecule has 2 N–H and O–H groups in total. The van der Waals surface area contributed by atoms with Crippen LogP contribution in [0.3, 0.4) is 0 Å². The predicted molar refractivity (Wildman–Crippen MR) is 109 cm³/mol. The SMILES string of the molecule is CCc1ccccc1NC(=O)CCc1c(C)nn(-c2nc(C)cc(=O)[nH]2)c1C. The van der Waals surface area contributed by atoms with Crippen LogP contribution in [0, 0.1) is 20.8 Å². The quantitative estimate of drug-likeness (QED) is 0.688. The van der Waals surface area contributed by atoms with Gasteiger partial charge in [-0.15, -0.1) is 0 Å². The van der Waals surface area contributed by atoms with Gasteiger partial charge in [-0.2, -0.15) is 5.10 Å². The van der Waals surface area contributed by atoms with Crippen LogP contribution in [0.4, 0.5) is 5.69 Å². The number of benzene rings is 1. The maximum absolute atomic E-state index is 12.4. The number of para-hydroxylation sites is 1. The first kappa shape index (κ1) is 19.5. The standard InChI is InChI=1S/C21H25N5O2/c1-5-16-8-6-7-9-18(16)23-19(27)11-10-17-14(3)25-26(15(17)4)21-22-13(2)12-20(28)24-21/h6-9,12H,5,10-11H2,1-4H3,(H,23,27)(H,22,24,28). The fourth-order valence-electron chi connectivity index (χ4n) is 3.31. The van der Waals surface area contributed by atoms with Crippen molar-refractivity contribution in [2.45, 2.75) is 47.0 Å². The minimum Gasteiger partial charge on any atom is -0.326 e. The van der Waals surface area contributed by atoms with Gasteiger partial charge in [-0.1, -0.05) is 25.1 Å². The minimum absolute atomic E-state index is 0.0328. The summed E-state index contributed by atoms with van der Waals surface area (Å²) < 4.78 is 1.63. The normalized spacial score (nSPS) is 10.9. The number of hydrogen-bond donors (Lipinski definition) is 2. The second-order valence-electron chi connectivity index (χ2n) is 6.83. The lowest BCUT2D eigenvalue weighted by Gasteiger charge is -2.10. The van der Waals surface area contributed by atoms with E-state index in [1.807, 2.05) is 38.1 Å². The van der Waals surface area contributed by atoms with Crippen LogP contribution in [0.2, 0.25) is 0 Å². The molecule has 7 heteroatoms. The Morgan fingerprint density at radius 2 is 1.96 bits per heavy atom. The van der Waals surface area contributed by atoms with E-state index in [4.69, 9.17) is 0 Å². The number of aromatic nitrogens is 4. The lowest BCUT2D eigenvalue weighted by molar-refractivity contribution is -0.116. The van der Waals surface area contributed by atoms with Crippen molar-refractivity contribution in [3.63, 3.8) is 0 Å². The van der Waals surface area contributed by atoms with Crippen molar-refractivity contribution in [2.75, 3.05) is 5.32 Å². The van der Waals surface area contributed by atoms with Crippen LogP contribution in [0.25, 0.3) is 5.95 Å². The number of H-pyrrole nitrogens is 1. The van der Waals surface area contributed by atoms with Crippen molar-refractivity contribution in [1.29, 1.82) is 0 Å². The molecule has 0 spiro atoms. The Hall–Kier alpha value is -3.22.